The van der Waals surface area contributed by atoms with Crippen LogP contribution in [0.1, 0.15) is 70.6 Å². The first kappa shape index (κ1) is 18.7. The smallest absolute Gasteiger partial charge is 0.225 e. The molecule has 2 aliphatic carbocycles. The lowest BCUT2D eigenvalue weighted by Gasteiger charge is -2.33. The van der Waals surface area contributed by atoms with Gasteiger partial charge in [0.15, 0.2) is 0 Å². The maximum absolute atomic E-state index is 12.7. The van der Waals surface area contributed by atoms with Gasteiger partial charge in [0.2, 0.25) is 11.8 Å². The van der Waals surface area contributed by atoms with Crippen molar-refractivity contribution in [1.82, 2.24) is 15.5 Å². The lowest BCUT2D eigenvalue weighted by atomic mass is 9.84. The summed E-state index contributed by atoms with van der Waals surface area (Å²) in [6, 6.07) is 0.638. The molecule has 0 radical (unpaired) electrons. The molecular formula is C20H35N3O2. The van der Waals surface area contributed by atoms with E-state index in [1.54, 1.807) is 0 Å². The number of carbonyl (C=O) groups is 2. The van der Waals surface area contributed by atoms with Crippen LogP contribution in [0.25, 0.3) is 0 Å². The molecule has 1 atom stereocenters. The second-order valence-electron chi connectivity index (χ2n) is 8.42. The molecule has 1 saturated heterocycles. The molecule has 142 valence electrons. The Morgan fingerprint density at radius 2 is 1.72 bits per heavy atom. The molecule has 1 aliphatic heterocycles. The number of hydrogen-bond acceptors (Lipinski definition) is 3. The number of likely N-dealkylation sites (N-methyl/N-ethyl adjacent to an activating group) is 1. The van der Waals surface area contributed by atoms with E-state index in [9.17, 15) is 9.59 Å². The third-order valence-corrected chi connectivity index (χ3v) is 6.57. The van der Waals surface area contributed by atoms with Crippen molar-refractivity contribution >= 4 is 11.8 Å². The molecule has 5 nitrogen and oxygen atoms in total. The summed E-state index contributed by atoms with van der Waals surface area (Å²) >= 11 is 0. The van der Waals surface area contributed by atoms with Gasteiger partial charge in [0.05, 0.1) is 0 Å². The van der Waals surface area contributed by atoms with E-state index in [1.165, 1.54) is 32.1 Å². The van der Waals surface area contributed by atoms with Crippen LogP contribution >= 0.6 is 0 Å². The molecule has 3 aliphatic rings. The zero-order chi connectivity index (χ0) is 17.6. The summed E-state index contributed by atoms with van der Waals surface area (Å²) in [5.41, 5.74) is 0. The van der Waals surface area contributed by atoms with E-state index in [1.807, 2.05) is 11.9 Å². The molecule has 0 aromatic rings. The number of nitrogens with one attached hydrogen (secondary N) is 2. The summed E-state index contributed by atoms with van der Waals surface area (Å²) < 4.78 is 0. The lowest BCUT2D eigenvalue weighted by Crippen LogP contribution is -2.45. The van der Waals surface area contributed by atoms with Crippen molar-refractivity contribution in [2.45, 2.75) is 82.7 Å². The van der Waals surface area contributed by atoms with Crippen molar-refractivity contribution in [2.75, 3.05) is 20.1 Å². The number of carbonyl (C=O) groups excluding carboxylic acids is 2. The highest BCUT2D eigenvalue weighted by Crippen LogP contribution is 2.28. The normalized spacial score (nSPS) is 30.8. The van der Waals surface area contributed by atoms with Gasteiger partial charge in [0.1, 0.15) is 0 Å². The number of nitrogens with zero attached hydrogens (tertiary/aromatic N) is 1. The standard InChI is InChI=1S/C20H35N3O2/c1-23(18-11-12-21-14-18)20(25)16-7-9-17(10-8-16)22-19(24)13-15-5-3-2-4-6-15/h15-18,21H,2-14H2,1H3,(H,22,24). The summed E-state index contributed by atoms with van der Waals surface area (Å²) in [7, 11) is 1.96. The molecule has 3 rings (SSSR count). The molecule has 0 spiro atoms. The van der Waals surface area contributed by atoms with Crippen molar-refractivity contribution in [3.63, 3.8) is 0 Å². The van der Waals surface area contributed by atoms with Gasteiger partial charge >= 0.3 is 0 Å². The van der Waals surface area contributed by atoms with Crippen molar-refractivity contribution in [3.8, 4) is 0 Å². The van der Waals surface area contributed by atoms with Gasteiger partial charge in [0, 0.05) is 38.0 Å². The zero-order valence-electron chi connectivity index (χ0n) is 15.8. The molecule has 2 N–H and O–H groups in total. The minimum absolute atomic E-state index is 0.150. The van der Waals surface area contributed by atoms with E-state index in [4.69, 9.17) is 0 Å². The maximum Gasteiger partial charge on any atom is 0.225 e. The molecule has 2 saturated carbocycles. The van der Waals surface area contributed by atoms with E-state index >= 15 is 0 Å². The van der Waals surface area contributed by atoms with Gasteiger partial charge in [0.25, 0.3) is 0 Å². The van der Waals surface area contributed by atoms with Crippen LogP contribution < -0.4 is 10.6 Å². The van der Waals surface area contributed by atoms with Crippen LogP contribution in [0.2, 0.25) is 0 Å². The quantitative estimate of drug-likeness (QED) is 0.801. The molecule has 1 unspecified atom stereocenters. The van der Waals surface area contributed by atoms with Crippen LogP contribution in [0.15, 0.2) is 0 Å². The highest BCUT2D eigenvalue weighted by atomic mass is 16.2. The highest BCUT2D eigenvalue weighted by Gasteiger charge is 2.32. The molecule has 0 aromatic carbocycles. The van der Waals surface area contributed by atoms with E-state index < -0.39 is 0 Å². The third-order valence-electron chi connectivity index (χ3n) is 6.57. The van der Waals surface area contributed by atoms with Gasteiger partial charge in [-0.2, -0.15) is 0 Å². The number of amides is 2. The predicted molar refractivity (Wildman–Crippen MR) is 99.1 cm³/mol. The van der Waals surface area contributed by atoms with Crippen LogP contribution in [0, 0.1) is 11.8 Å². The summed E-state index contributed by atoms with van der Waals surface area (Å²) in [5.74, 6) is 1.29. The van der Waals surface area contributed by atoms with Gasteiger partial charge in [-0.3, -0.25) is 9.59 Å². The Bertz CT molecular complexity index is 448. The van der Waals surface area contributed by atoms with Gasteiger partial charge in [-0.15, -0.1) is 0 Å². The Kier molecular flexibility index (Phi) is 6.74. The van der Waals surface area contributed by atoms with E-state index in [0.717, 1.165) is 45.2 Å². The second-order valence-corrected chi connectivity index (χ2v) is 8.42. The Hall–Kier alpha value is -1.10. The fourth-order valence-electron chi connectivity index (χ4n) is 4.86. The average molecular weight is 350 g/mol. The fourth-order valence-corrected chi connectivity index (χ4v) is 4.86. The summed E-state index contributed by atoms with van der Waals surface area (Å²) in [5, 5.41) is 6.57. The van der Waals surface area contributed by atoms with E-state index in [-0.39, 0.29) is 17.9 Å². The van der Waals surface area contributed by atoms with Gasteiger partial charge in [-0.25, -0.2) is 0 Å². The summed E-state index contributed by atoms with van der Waals surface area (Å²) in [6.07, 6.45) is 11.8. The number of hydrogen-bond donors (Lipinski definition) is 2. The topological polar surface area (TPSA) is 61.4 Å². The van der Waals surface area contributed by atoms with E-state index in [2.05, 4.69) is 10.6 Å². The van der Waals surface area contributed by atoms with E-state index in [0.29, 0.717) is 24.3 Å². The van der Waals surface area contributed by atoms with Crippen LogP contribution in [-0.2, 0) is 9.59 Å². The Morgan fingerprint density at radius 1 is 1.00 bits per heavy atom. The van der Waals surface area contributed by atoms with Crippen molar-refractivity contribution < 1.29 is 9.59 Å². The maximum atomic E-state index is 12.7. The SMILES string of the molecule is CN(C(=O)C1CCC(NC(=O)CC2CCCCC2)CC1)C1CCNC1. The second kappa shape index (κ2) is 9.02. The average Bonchev–Trinajstić information content (AvgIpc) is 3.16. The van der Waals surface area contributed by atoms with Gasteiger partial charge in [-0.05, 0) is 57.4 Å². The first-order valence-corrected chi connectivity index (χ1v) is 10.4. The number of rotatable bonds is 5. The minimum atomic E-state index is 0.150. The molecule has 2 amide bonds. The predicted octanol–water partition coefficient (Wildman–Crippen LogP) is 2.45. The largest absolute Gasteiger partial charge is 0.353 e. The molecule has 0 aromatic heterocycles. The Labute approximate surface area is 152 Å². The molecular weight excluding hydrogens is 314 g/mol. The molecule has 0 bridgehead atoms. The molecule has 5 heteroatoms. The first-order valence-electron chi connectivity index (χ1n) is 10.4. The van der Waals surface area contributed by atoms with Gasteiger partial charge in [-0.1, -0.05) is 19.3 Å². The van der Waals surface area contributed by atoms with Crippen LogP contribution in [0.5, 0.6) is 0 Å². The fraction of sp³-hybridized carbons (Fsp3) is 0.900. The van der Waals surface area contributed by atoms with Gasteiger partial charge < -0.3 is 15.5 Å². The Morgan fingerprint density at radius 3 is 2.36 bits per heavy atom. The highest BCUT2D eigenvalue weighted by molar-refractivity contribution is 5.79. The first-order chi connectivity index (χ1) is 12.1. The molecule has 3 fully saturated rings. The molecule has 1 heterocycles. The zero-order valence-corrected chi connectivity index (χ0v) is 15.8. The van der Waals surface area contributed by atoms with Crippen molar-refractivity contribution in [2.24, 2.45) is 11.8 Å². The molecule has 25 heavy (non-hydrogen) atoms. The Balaban J connectivity index is 1.37. The lowest BCUT2D eigenvalue weighted by molar-refractivity contribution is -0.137. The summed E-state index contributed by atoms with van der Waals surface area (Å²) in [4.78, 5) is 26.9. The van der Waals surface area contributed by atoms with Crippen LogP contribution in [0.3, 0.4) is 0 Å². The van der Waals surface area contributed by atoms with Crippen LogP contribution in [0.4, 0.5) is 0 Å². The monoisotopic (exact) mass is 349 g/mol. The van der Waals surface area contributed by atoms with Crippen molar-refractivity contribution in [3.05, 3.63) is 0 Å². The minimum Gasteiger partial charge on any atom is -0.353 e. The third kappa shape index (κ3) is 5.19. The summed E-state index contributed by atoms with van der Waals surface area (Å²) in [6.45, 7) is 1.94. The van der Waals surface area contributed by atoms with Crippen molar-refractivity contribution in [1.29, 1.82) is 0 Å². The van der Waals surface area contributed by atoms with Crippen LogP contribution in [-0.4, -0.2) is 48.9 Å².